The van der Waals surface area contributed by atoms with E-state index in [0.717, 1.165) is 0 Å². The van der Waals surface area contributed by atoms with E-state index in [-0.39, 0.29) is 105 Å². The molecular weight excluding hydrogens is 1400 g/mol. The normalized spacial score (nSPS) is 23.9. The van der Waals surface area contributed by atoms with Gasteiger partial charge in [0.2, 0.25) is 0 Å². The summed E-state index contributed by atoms with van der Waals surface area (Å²) in [4.78, 5) is 55.2. The van der Waals surface area contributed by atoms with Crippen LogP contribution in [0.2, 0.25) is 0 Å². The van der Waals surface area contributed by atoms with Crippen LogP contribution in [0.3, 0.4) is 0 Å². The lowest BCUT2D eigenvalue weighted by Crippen LogP contribution is -2.44. The number of hydrogen-bond donors (Lipinski definition) is 4. The van der Waals surface area contributed by atoms with E-state index in [9.17, 15) is 19.2 Å². The molecule has 0 bridgehead atoms. The molecule has 0 saturated carbocycles. The standard InChI is InChI=1S/C69H128N4O32/c74-65(1-5-70-49-61-53-94-37-33-86-21-17-78-9-13-82-25-29-90-41-45-98-61)102-57-69(58-103-66(75)2-6-71-50-62-54-95-38-34-87-22-18-79-10-14-83-26-30-91-42-46-99-62,59-104-67(76)3-7-72-51-63-55-96-39-35-88-23-19-80-11-15-84-27-31-92-43-47-100-63)60-105-68(77)4-8-73-52-64-56-97-40-36-89-24-20-81-12-16-85-28-32-93-44-48-101-64/h61-64,70-73H,1-60H2. The first kappa shape index (κ1) is 94.1. The Morgan fingerprint density at radius 1 is 0.219 bits per heavy atom. The molecule has 0 radical (unpaired) electrons. The summed E-state index contributed by atoms with van der Waals surface area (Å²) >= 11 is 0. The van der Waals surface area contributed by atoms with Crippen LogP contribution in [0.4, 0.5) is 0 Å². The summed E-state index contributed by atoms with van der Waals surface area (Å²) in [6.07, 6.45) is -2.11. The zero-order chi connectivity index (χ0) is 74.2. The van der Waals surface area contributed by atoms with Crippen LogP contribution < -0.4 is 21.3 Å². The Kier molecular flexibility index (Phi) is 63.7. The Balaban J connectivity index is 1.45. The van der Waals surface area contributed by atoms with Gasteiger partial charge in [0.1, 0.15) is 31.8 Å². The van der Waals surface area contributed by atoms with Crippen LogP contribution in [-0.2, 0) is 152 Å². The van der Waals surface area contributed by atoms with E-state index in [0.29, 0.717) is 264 Å². The van der Waals surface area contributed by atoms with Crippen LogP contribution in [0.15, 0.2) is 0 Å². The quantitative estimate of drug-likeness (QED) is 0.0374. The molecule has 0 aromatic carbocycles. The second-order valence-electron chi connectivity index (χ2n) is 24.0. The topological polar surface area (TPSA) is 375 Å². The van der Waals surface area contributed by atoms with Gasteiger partial charge in [-0.1, -0.05) is 0 Å². The molecule has 36 nitrogen and oxygen atoms in total. The van der Waals surface area contributed by atoms with Crippen LogP contribution in [0.1, 0.15) is 25.7 Å². The van der Waals surface area contributed by atoms with Crippen molar-refractivity contribution in [3.63, 3.8) is 0 Å². The van der Waals surface area contributed by atoms with Crippen molar-refractivity contribution >= 4 is 23.9 Å². The second kappa shape index (κ2) is 71.1. The Morgan fingerprint density at radius 3 is 0.524 bits per heavy atom. The van der Waals surface area contributed by atoms with E-state index < -0.39 is 80.1 Å². The van der Waals surface area contributed by atoms with Gasteiger partial charge in [-0.3, -0.25) is 19.2 Å². The van der Waals surface area contributed by atoms with Gasteiger partial charge in [0, 0.05) is 52.4 Å². The third kappa shape index (κ3) is 59.3. The molecule has 616 valence electrons. The highest BCUT2D eigenvalue weighted by molar-refractivity contribution is 5.71. The fourth-order valence-electron chi connectivity index (χ4n) is 9.42. The second-order valence-corrected chi connectivity index (χ2v) is 24.0. The van der Waals surface area contributed by atoms with Crippen molar-refractivity contribution in [2.24, 2.45) is 5.41 Å². The van der Waals surface area contributed by atoms with Crippen molar-refractivity contribution in [3.05, 3.63) is 0 Å². The van der Waals surface area contributed by atoms with Gasteiger partial charge in [0.15, 0.2) is 0 Å². The zero-order valence-corrected chi connectivity index (χ0v) is 62.3. The molecule has 0 spiro atoms. The van der Waals surface area contributed by atoms with Gasteiger partial charge in [-0.05, 0) is 0 Å². The average molecular weight is 1530 g/mol. The molecule has 4 saturated heterocycles. The predicted molar refractivity (Wildman–Crippen MR) is 372 cm³/mol. The Morgan fingerprint density at radius 2 is 0.362 bits per heavy atom. The predicted octanol–water partition coefficient (Wildman–Crippen LogP) is -2.01. The third-order valence-electron chi connectivity index (χ3n) is 15.2. The van der Waals surface area contributed by atoms with Crippen LogP contribution in [0.5, 0.6) is 0 Å². The highest BCUT2D eigenvalue weighted by Gasteiger charge is 2.38. The van der Waals surface area contributed by atoms with Gasteiger partial charge in [-0.15, -0.1) is 0 Å². The number of carbonyl (C=O) groups is 4. The number of ether oxygens (including phenoxy) is 28. The Labute approximate surface area is 620 Å². The third-order valence-corrected chi connectivity index (χ3v) is 15.2. The largest absolute Gasteiger partial charge is 0.465 e. The first-order valence-electron chi connectivity index (χ1n) is 37.4. The molecule has 4 aliphatic rings. The van der Waals surface area contributed by atoms with Crippen molar-refractivity contribution in [2.75, 3.05) is 369 Å². The van der Waals surface area contributed by atoms with Crippen molar-refractivity contribution in [1.82, 2.24) is 21.3 Å². The van der Waals surface area contributed by atoms with Crippen LogP contribution in [-0.4, -0.2) is 418 Å². The Bertz CT molecular complexity index is 1650. The zero-order valence-electron chi connectivity index (χ0n) is 62.3. The molecule has 4 atom stereocenters. The molecule has 4 heterocycles. The van der Waals surface area contributed by atoms with Crippen molar-refractivity contribution in [2.45, 2.75) is 50.1 Å². The molecule has 0 amide bonds. The number of rotatable bonds is 28. The summed E-state index contributed by atoms with van der Waals surface area (Å²) in [5, 5.41) is 13.0. The first-order chi connectivity index (χ1) is 51.9. The lowest BCUT2D eigenvalue weighted by atomic mass is 9.92. The molecule has 105 heavy (non-hydrogen) atoms. The molecule has 0 aromatic rings. The van der Waals surface area contributed by atoms with Crippen molar-refractivity contribution < 1.29 is 152 Å². The molecule has 0 aromatic heterocycles. The van der Waals surface area contributed by atoms with E-state index in [1.807, 2.05) is 0 Å². The minimum Gasteiger partial charge on any atom is -0.465 e. The number of hydrogen-bond acceptors (Lipinski definition) is 36. The van der Waals surface area contributed by atoms with Gasteiger partial charge in [-0.2, -0.15) is 0 Å². The maximum Gasteiger partial charge on any atom is 0.307 e. The van der Waals surface area contributed by atoms with Crippen molar-refractivity contribution in [3.8, 4) is 0 Å². The summed E-state index contributed by atoms with van der Waals surface area (Å²) in [5.74, 6) is -2.60. The molecular formula is C69H128N4O32. The summed E-state index contributed by atoms with van der Waals surface area (Å²) in [7, 11) is 0. The van der Waals surface area contributed by atoms with E-state index in [1.54, 1.807) is 0 Å². The molecule has 4 unspecified atom stereocenters. The van der Waals surface area contributed by atoms with Gasteiger partial charge in [0.05, 0.1) is 341 Å². The molecule has 4 aliphatic heterocycles. The highest BCUT2D eigenvalue weighted by Crippen LogP contribution is 2.23. The maximum atomic E-state index is 13.8. The fourth-order valence-corrected chi connectivity index (χ4v) is 9.42. The van der Waals surface area contributed by atoms with Crippen LogP contribution in [0.25, 0.3) is 0 Å². The first-order valence-corrected chi connectivity index (χ1v) is 37.4. The number of nitrogens with one attached hydrogen (secondary N) is 4. The minimum atomic E-state index is -1.61. The molecule has 4 rings (SSSR count). The summed E-state index contributed by atoms with van der Waals surface area (Å²) in [6, 6.07) is 0. The van der Waals surface area contributed by atoms with Crippen molar-refractivity contribution in [1.29, 1.82) is 0 Å². The van der Waals surface area contributed by atoms with E-state index in [4.69, 9.17) is 133 Å². The van der Waals surface area contributed by atoms with Gasteiger partial charge in [0.25, 0.3) is 0 Å². The molecule has 4 N–H and O–H groups in total. The highest BCUT2D eigenvalue weighted by atomic mass is 16.6. The monoisotopic (exact) mass is 1520 g/mol. The van der Waals surface area contributed by atoms with E-state index in [1.165, 1.54) is 0 Å². The smallest absolute Gasteiger partial charge is 0.307 e. The number of esters is 4. The van der Waals surface area contributed by atoms with E-state index in [2.05, 4.69) is 21.3 Å². The fraction of sp³-hybridized carbons (Fsp3) is 0.942. The lowest BCUT2D eigenvalue weighted by Gasteiger charge is -2.31. The molecule has 36 heteroatoms. The molecule has 4 fully saturated rings. The SMILES string of the molecule is O=C(CCNCC1COCCOCCOCCOCCOCCO1)OCC(COC(=O)CCNCC1COCCOCCOCCOCCOCCO1)(COC(=O)CCNCC1COCCOCCOCCOCCOCCO1)COC(=O)CCNCC1COCCOCCOCCOCCOCCO1. The number of carbonyl (C=O) groups excluding carboxylic acids is 4. The van der Waals surface area contributed by atoms with Crippen LogP contribution in [0, 0.1) is 5.41 Å². The minimum absolute atomic E-state index is 0.117. The summed E-state index contributed by atoms with van der Waals surface area (Å²) in [6.45, 7) is 16.2. The summed E-state index contributed by atoms with van der Waals surface area (Å²) in [5.41, 5.74) is -1.61. The van der Waals surface area contributed by atoms with Gasteiger partial charge < -0.3 is 154 Å². The lowest BCUT2D eigenvalue weighted by molar-refractivity contribution is -0.170. The van der Waals surface area contributed by atoms with Gasteiger partial charge >= 0.3 is 23.9 Å². The van der Waals surface area contributed by atoms with E-state index >= 15 is 0 Å². The maximum absolute atomic E-state index is 13.8. The Hall–Kier alpha value is -3.24. The molecule has 0 aliphatic carbocycles. The summed E-state index contributed by atoms with van der Waals surface area (Å²) < 4.78 is 161. The van der Waals surface area contributed by atoms with Gasteiger partial charge in [-0.25, -0.2) is 0 Å². The van der Waals surface area contributed by atoms with Crippen LogP contribution >= 0.6 is 0 Å². The average Bonchev–Trinajstić information content (AvgIpc) is 0.854.